The Morgan fingerprint density at radius 3 is 2.12 bits per heavy atom. The molecule has 32 heavy (non-hydrogen) atoms. The standard InChI is InChI=1S/C21H18F6N2O3/c22-20(23,24)15-6-4-14(5-7-15)19(31)29-10-8-13(9-11-29)18(30)28-16-2-1-3-17(12-16)32-21(25,26)27/h1-7,12-13H,8-11H2,(H,28,30). The number of benzene rings is 2. The molecule has 2 aromatic carbocycles. The number of nitrogens with zero attached hydrogens (tertiary/aromatic N) is 1. The fourth-order valence-corrected chi connectivity index (χ4v) is 3.34. The van der Waals surface area contributed by atoms with Crippen LogP contribution in [0.3, 0.4) is 0 Å². The van der Waals surface area contributed by atoms with Gasteiger partial charge in [-0.1, -0.05) is 6.07 Å². The molecule has 3 rings (SSSR count). The summed E-state index contributed by atoms with van der Waals surface area (Å²) in [5, 5.41) is 2.54. The Balaban J connectivity index is 1.54. The van der Waals surface area contributed by atoms with Gasteiger partial charge in [-0.25, -0.2) is 0 Å². The zero-order chi connectivity index (χ0) is 23.5. The van der Waals surface area contributed by atoms with Crippen LogP contribution in [0.25, 0.3) is 0 Å². The molecule has 0 saturated carbocycles. The molecule has 0 bridgehead atoms. The number of carbonyl (C=O) groups excluding carboxylic acids is 2. The first-order valence-electron chi connectivity index (χ1n) is 9.55. The van der Waals surface area contributed by atoms with Crippen LogP contribution in [-0.2, 0) is 11.0 Å². The number of rotatable bonds is 4. The number of piperidine rings is 1. The molecule has 1 fully saturated rings. The van der Waals surface area contributed by atoms with Gasteiger partial charge in [0.1, 0.15) is 5.75 Å². The van der Waals surface area contributed by atoms with Crippen LogP contribution < -0.4 is 10.1 Å². The smallest absolute Gasteiger partial charge is 0.406 e. The number of carbonyl (C=O) groups is 2. The lowest BCUT2D eigenvalue weighted by molar-refractivity contribution is -0.274. The largest absolute Gasteiger partial charge is 0.573 e. The van der Waals surface area contributed by atoms with E-state index in [2.05, 4.69) is 10.1 Å². The van der Waals surface area contributed by atoms with Crippen LogP contribution >= 0.6 is 0 Å². The molecule has 0 spiro atoms. The quantitative estimate of drug-likeness (QED) is 0.647. The third kappa shape index (κ3) is 6.14. The fraction of sp³-hybridized carbons (Fsp3) is 0.333. The van der Waals surface area contributed by atoms with Gasteiger partial charge in [0, 0.05) is 36.3 Å². The second-order valence-corrected chi connectivity index (χ2v) is 7.21. The number of anilines is 1. The van der Waals surface area contributed by atoms with Crippen molar-refractivity contribution in [2.45, 2.75) is 25.4 Å². The number of nitrogens with one attached hydrogen (secondary N) is 1. The van der Waals surface area contributed by atoms with Crippen molar-refractivity contribution < 1.29 is 40.7 Å². The maximum atomic E-state index is 12.7. The van der Waals surface area contributed by atoms with Gasteiger partial charge in [0.15, 0.2) is 0 Å². The molecule has 0 unspecified atom stereocenters. The minimum atomic E-state index is -4.85. The number of hydrogen-bond donors (Lipinski definition) is 1. The van der Waals surface area contributed by atoms with E-state index in [-0.39, 0.29) is 24.3 Å². The van der Waals surface area contributed by atoms with Gasteiger partial charge in [-0.2, -0.15) is 13.2 Å². The zero-order valence-electron chi connectivity index (χ0n) is 16.5. The normalized spacial score (nSPS) is 15.4. The van der Waals surface area contributed by atoms with E-state index < -0.39 is 41.6 Å². The summed E-state index contributed by atoms with van der Waals surface area (Å²) in [7, 11) is 0. The maximum Gasteiger partial charge on any atom is 0.573 e. The molecule has 2 aromatic rings. The molecule has 1 N–H and O–H groups in total. The number of likely N-dealkylation sites (tertiary alicyclic amines) is 1. The highest BCUT2D eigenvalue weighted by Crippen LogP contribution is 2.30. The van der Waals surface area contributed by atoms with Crippen molar-refractivity contribution in [2.24, 2.45) is 5.92 Å². The van der Waals surface area contributed by atoms with Crippen LogP contribution in [0.4, 0.5) is 32.0 Å². The van der Waals surface area contributed by atoms with E-state index in [4.69, 9.17) is 0 Å². The Hall–Kier alpha value is -3.24. The number of halogens is 6. The van der Waals surface area contributed by atoms with Crippen LogP contribution in [0.15, 0.2) is 48.5 Å². The summed E-state index contributed by atoms with van der Waals surface area (Å²) in [4.78, 5) is 26.4. The average molecular weight is 460 g/mol. The van der Waals surface area contributed by atoms with E-state index in [1.54, 1.807) is 0 Å². The zero-order valence-corrected chi connectivity index (χ0v) is 16.5. The first kappa shape index (κ1) is 23.4. The van der Waals surface area contributed by atoms with Gasteiger partial charge in [-0.15, -0.1) is 13.2 Å². The maximum absolute atomic E-state index is 12.7. The predicted molar refractivity (Wildman–Crippen MR) is 102 cm³/mol. The minimum Gasteiger partial charge on any atom is -0.406 e. The van der Waals surface area contributed by atoms with E-state index in [1.807, 2.05) is 0 Å². The van der Waals surface area contributed by atoms with Gasteiger partial charge in [0.05, 0.1) is 5.56 Å². The Labute approximate surface area is 179 Å². The first-order chi connectivity index (χ1) is 14.9. The summed E-state index contributed by atoms with van der Waals surface area (Å²) < 4.78 is 78.8. The monoisotopic (exact) mass is 460 g/mol. The van der Waals surface area contributed by atoms with E-state index in [0.29, 0.717) is 12.8 Å². The van der Waals surface area contributed by atoms with Gasteiger partial charge in [0.25, 0.3) is 5.91 Å². The van der Waals surface area contributed by atoms with E-state index in [1.165, 1.54) is 17.0 Å². The third-order valence-electron chi connectivity index (χ3n) is 4.95. The molecular weight excluding hydrogens is 442 g/mol. The number of alkyl halides is 6. The fourth-order valence-electron chi connectivity index (χ4n) is 3.34. The van der Waals surface area contributed by atoms with Crippen molar-refractivity contribution in [1.29, 1.82) is 0 Å². The Bertz CT molecular complexity index is 965. The molecule has 0 atom stereocenters. The van der Waals surface area contributed by atoms with Crippen LogP contribution in [0, 0.1) is 5.92 Å². The lowest BCUT2D eigenvalue weighted by Crippen LogP contribution is -2.41. The number of ether oxygens (including phenoxy) is 1. The van der Waals surface area contributed by atoms with Gasteiger partial charge >= 0.3 is 12.5 Å². The van der Waals surface area contributed by atoms with Crippen molar-refractivity contribution in [3.8, 4) is 5.75 Å². The highest BCUT2D eigenvalue weighted by molar-refractivity contribution is 5.95. The van der Waals surface area contributed by atoms with Crippen molar-refractivity contribution in [2.75, 3.05) is 18.4 Å². The summed E-state index contributed by atoms with van der Waals surface area (Å²) in [6, 6.07) is 8.78. The van der Waals surface area contributed by atoms with Crippen molar-refractivity contribution in [3.05, 3.63) is 59.7 Å². The Morgan fingerprint density at radius 2 is 1.56 bits per heavy atom. The van der Waals surface area contributed by atoms with Crippen LogP contribution in [-0.4, -0.2) is 36.2 Å². The molecular formula is C21H18F6N2O3. The summed E-state index contributed by atoms with van der Waals surface area (Å²) in [5.41, 5.74) is -0.600. The summed E-state index contributed by atoms with van der Waals surface area (Å²) >= 11 is 0. The Morgan fingerprint density at radius 1 is 0.938 bits per heavy atom. The van der Waals surface area contributed by atoms with E-state index >= 15 is 0 Å². The van der Waals surface area contributed by atoms with Gasteiger partial charge in [-0.3, -0.25) is 9.59 Å². The topological polar surface area (TPSA) is 58.6 Å². The van der Waals surface area contributed by atoms with Gasteiger partial charge in [0.2, 0.25) is 5.91 Å². The van der Waals surface area contributed by atoms with Crippen LogP contribution in [0.5, 0.6) is 5.75 Å². The molecule has 1 saturated heterocycles. The van der Waals surface area contributed by atoms with Crippen LogP contribution in [0.2, 0.25) is 0 Å². The van der Waals surface area contributed by atoms with Crippen molar-refractivity contribution in [1.82, 2.24) is 4.90 Å². The molecule has 1 aliphatic rings. The molecule has 11 heteroatoms. The van der Waals surface area contributed by atoms with Crippen molar-refractivity contribution >= 4 is 17.5 Å². The second kappa shape index (κ2) is 9.09. The average Bonchev–Trinajstić information content (AvgIpc) is 2.72. The summed E-state index contributed by atoms with van der Waals surface area (Å²) in [6.45, 7) is 0.435. The first-order valence-corrected chi connectivity index (χ1v) is 9.55. The lowest BCUT2D eigenvalue weighted by Gasteiger charge is -2.31. The van der Waals surface area contributed by atoms with Crippen molar-refractivity contribution in [3.63, 3.8) is 0 Å². The minimum absolute atomic E-state index is 0.113. The number of hydrogen-bond acceptors (Lipinski definition) is 3. The second-order valence-electron chi connectivity index (χ2n) is 7.21. The predicted octanol–water partition coefficient (Wildman–Crippen LogP) is 5.09. The highest BCUT2D eigenvalue weighted by Gasteiger charge is 2.32. The van der Waals surface area contributed by atoms with Crippen LogP contribution in [0.1, 0.15) is 28.8 Å². The SMILES string of the molecule is O=C(Nc1cccc(OC(F)(F)F)c1)C1CCN(C(=O)c2ccc(C(F)(F)F)cc2)CC1. The molecule has 172 valence electrons. The molecule has 0 aromatic heterocycles. The molecule has 1 aliphatic heterocycles. The van der Waals surface area contributed by atoms with E-state index in [9.17, 15) is 35.9 Å². The third-order valence-corrected chi connectivity index (χ3v) is 4.95. The van der Waals surface area contributed by atoms with Gasteiger partial charge in [-0.05, 0) is 49.2 Å². The summed E-state index contributed by atoms with van der Waals surface area (Å²) in [5.74, 6) is -1.78. The van der Waals surface area contributed by atoms with E-state index in [0.717, 1.165) is 36.4 Å². The highest BCUT2D eigenvalue weighted by atomic mass is 19.4. The molecule has 2 amide bonds. The molecule has 1 heterocycles. The lowest BCUT2D eigenvalue weighted by atomic mass is 9.95. The molecule has 5 nitrogen and oxygen atoms in total. The summed E-state index contributed by atoms with van der Waals surface area (Å²) in [6.07, 6.45) is -8.74. The Kier molecular flexibility index (Phi) is 6.65. The number of amides is 2. The van der Waals surface area contributed by atoms with Gasteiger partial charge < -0.3 is 15.0 Å². The molecule has 0 aliphatic carbocycles. The molecule has 0 radical (unpaired) electrons.